The molecule has 0 saturated carbocycles. The summed E-state index contributed by atoms with van der Waals surface area (Å²) in [6.07, 6.45) is 1.93. The average Bonchev–Trinajstić information content (AvgIpc) is 2.87. The summed E-state index contributed by atoms with van der Waals surface area (Å²) in [5.41, 5.74) is 1.67. The van der Waals surface area contributed by atoms with Gasteiger partial charge in [0.1, 0.15) is 16.0 Å². The lowest BCUT2D eigenvalue weighted by Crippen LogP contribution is -2.02. The van der Waals surface area contributed by atoms with Crippen molar-refractivity contribution in [1.82, 2.24) is 24.6 Å². The minimum atomic E-state index is 0.220. The van der Waals surface area contributed by atoms with Gasteiger partial charge in [-0.05, 0) is 30.8 Å². The standard InChI is InChI=1S/C14H14ClN5S/c1-8(2)12-16-11(15)9(3)13(17-12)21-14-19-18-10-6-4-5-7-20(10)14/h4-8H,1-3H3. The van der Waals surface area contributed by atoms with Gasteiger partial charge in [0.25, 0.3) is 0 Å². The van der Waals surface area contributed by atoms with Crippen molar-refractivity contribution in [3.05, 3.63) is 40.9 Å². The Hall–Kier alpha value is -1.66. The second kappa shape index (κ2) is 5.61. The Bertz CT molecular complexity index is 799. The van der Waals surface area contributed by atoms with Gasteiger partial charge in [-0.3, -0.25) is 4.40 Å². The molecule has 0 amide bonds. The van der Waals surface area contributed by atoms with Crippen LogP contribution in [-0.4, -0.2) is 24.6 Å². The molecule has 0 fully saturated rings. The van der Waals surface area contributed by atoms with Crippen molar-refractivity contribution < 1.29 is 0 Å². The van der Waals surface area contributed by atoms with Gasteiger partial charge >= 0.3 is 0 Å². The van der Waals surface area contributed by atoms with E-state index >= 15 is 0 Å². The van der Waals surface area contributed by atoms with Crippen molar-refractivity contribution in [2.45, 2.75) is 36.9 Å². The summed E-state index contributed by atoms with van der Waals surface area (Å²) >= 11 is 7.66. The topological polar surface area (TPSA) is 56.0 Å². The predicted octanol–water partition coefficient (Wildman–Crippen LogP) is 3.76. The van der Waals surface area contributed by atoms with Crippen LogP contribution < -0.4 is 0 Å². The van der Waals surface area contributed by atoms with E-state index in [2.05, 4.69) is 20.2 Å². The van der Waals surface area contributed by atoms with Gasteiger partial charge in [-0.15, -0.1) is 10.2 Å². The summed E-state index contributed by atoms with van der Waals surface area (Å²) in [7, 11) is 0. The minimum absolute atomic E-state index is 0.220. The molecule has 0 aliphatic carbocycles. The molecular formula is C14H14ClN5S. The maximum Gasteiger partial charge on any atom is 0.201 e. The first kappa shape index (κ1) is 14.3. The van der Waals surface area contributed by atoms with Gasteiger partial charge in [-0.25, -0.2) is 9.97 Å². The van der Waals surface area contributed by atoms with E-state index in [4.69, 9.17) is 11.6 Å². The highest BCUT2D eigenvalue weighted by Crippen LogP contribution is 2.31. The zero-order valence-corrected chi connectivity index (χ0v) is 13.5. The van der Waals surface area contributed by atoms with Crippen molar-refractivity contribution >= 4 is 29.0 Å². The molecule has 108 valence electrons. The zero-order valence-electron chi connectivity index (χ0n) is 11.9. The van der Waals surface area contributed by atoms with Crippen molar-refractivity contribution in [2.24, 2.45) is 0 Å². The van der Waals surface area contributed by atoms with E-state index in [9.17, 15) is 0 Å². The van der Waals surface area contributed by atoms with Crippen LogP contribution in [0.25, 0.3) is 5.65 Å². The van der Waals surface area contributed by atoms with Gasteiger partial charge in [0.05, 0.1) is 0 Å². The first-order chi connectivity index (χ1) is 10.1. The molecule has 0 bridgehead atoms. The van der Waals surface area contributed by atoms with Gasteiger partial charge in [-0.2, -0.15) is 0 Å². The number of halogens is 1. The minimum Gasteiger partial charge on any atom is -0.277 e. The lowest BCUT2D eigenvalue weighted by Gasteiger charge is -2.09. The normalized spacial score (nSPS) is 11.5. The highest BCUT2D eigenvalue weighted by molar-refractivity contribution is 7.99. The van der Waals surface area contributed by atoms with E-state index in [1.54, 1.807) is 0 Å². The monoisotopic (exact) mass is 319 g/mol. The van der Waals surface area contributed by atoms with Crippen molar-refractivity contribution in [3.63, 3.8) is 0 Å². The van der Waals surface area contributed by atoms with Crippen LogP contribution in [0.4, 0.5) is 0 Å². The van der Waals surface area contributed by atoms with Gasteiger partial charge in [-0.1, -0.05) is 31.5 Å². The van der Waals surface area contributed by atoms with Crippen LogP contribution in [-0.2, 0) is 0 Å². The van der Waals surface area contributed by atoms with Gasteiger partial charge in [0, 0.05) is 17.7 Å². The molecule has 0 saturated heterocycles. The van der Waals surface area contributed by atoms with Gasteiger partial charge in [0.2, 0.25) is 5.16 Å². The Morgan fingerprint density at radius 2 is 2.00 bits per heavy atom. The molecule has 3 rings (SSSR count). The summed E-state index contributed by atoms with van der Waals surface area (Å²) in [6.45, 7) is 6.00. The Labute approximate surface area is 131 Å². The molecule has 0 atom stereocenters. The van der Waals surface area contributed by atoms with E-state index < -0.39 is 0 Å². The second-order valence-electron chi connectivity index (χ2n) is 4.97. The fourth-order valence-corrected chi connectivity index (χ4v) is 2.95. The summed E-state index contributed by atoms with van der Waals surface area (Å²) in [5.74, 6) is 0.958. The molecule has 5 nitrogen and oxygen atoms in total. The van der Waals surface area contributed by atoms with E-state index in [0.717, 1.165) is 27.2 Å². The molecule has 0 radical (unpaired) electrons. The second-order valence-corrected chi connectivity index (χ2v) is 6.28. The number of rotatable bonds is 3. The van der Waals surface area contributed by atoms with Crippen LogP contribution in [0.2, 0.25) is 5.15 Å². The molecule has 0 aromatic carbocycles. The maximum atomic E-state index is 6.21. The Morgan fingerprint density at radius 3 is 2.76 bits per heavy atom. The van der Waals surface area contributed by atoms with Crippen LogP contribution in [0.3, 0.4) is 0 Å². The van der Waals surface area contributed by atoms with E-state index in [1.807, 2.05) is 49.6 Å². The van der Waals surface area contributed by atoms with Crippen molar-refractivity contribution in [3.8, 4) is 0 Å². The molecule has 7 heteroatoms. The zero-order chi connectivity index (χ0) is 15.0. The number of hydrogen-bond donors (Lipinski definition) is 0. The fourth-order valence-electron chi connectivity index (χ4n) is 1.82. The van der Waals surface area contributed by atoms with Crippen molar-refractivity contribution in [2.75, 3.05) is 0 Å². The first-order valence-corrected chi connectivity index (χ1v) is 7.77. The Kier molecular flexibility index (Phi) is 3.82. The molecular weight excluding hydrogens is 306 g/mol. The molecule has 0 aliphatic heterocycles. The van der Waals surface area contributed by atoms with E-state index in [0.29, 0.717) is 5.15 Å². The van der Waals surface area contributed by atoms with Crippen LogP contribution in [0.1, 0.15) is 31.2 Å². The summed E-state index contributed by atoms with van der Waals surface area (Å²) in [4.78, 5) is 8.92. The average molecular weight is 320 g/mol. The largest absolute Gasteiger partial charge is 0.277 e. The lowest BCUT2D eigenvalue weighted by molar-refractivity contribution is 0.746. The molecule has 0 spiro atoms. The predicted molar refractivity (Wildman–Crippen MR) is 83.0 cm³/mol. The SMILES string of the molecule is Cc1c(Cl)nc(C(C)C)nc1Sc1nnc2ccccn12. The number of aromatic nitrogens is 5. The van der Waals surface area contributed by atoms with Crippen molar-refractivity contribution in [1.29, 1.82) is 0 Å². The number of nitrogens with zero attached hydrogens (tertiary/aromatic N) is 5. The number of hydrogen-bond acceptors (Lipinski definition) is 5. The molecule has 0 unspecified atom stereocenters. The number of pyridine rings is 1. The highest BCUT2D eigenvalue weighted by Gasteiger charge is 2.15. The Morgan fingerprint density at radius 1 is 1.19 bits per heavy atom. The molecule has 0 N–H and O–H groups in total. The molecule has 3 aromatic rings. The quantitative estimate of drug-likeness (QED) is 0.688. The molecule has 0 aliphatic rings. The van der Waals surface area contributed by atoms with Gasteiger partial charge in [0.15, 0.2) is 5.65 Å². The first-order valence-electron chi connectivity index (χ1n) is 6.58. The highest BCUT2D eigenvalue weighted by atomic mass is 35.5. The smallest absolute Gasteiger partial charge is 0.201 e. The fraction of sp³-hybridized carbons (Fsp3) is 0.286. The summed E-state index contributed by atoms with van der Waals surface area (Å²) < 4.78 is 1.93. The Balaban J connectivity index is 2.05. The summed E-state index contributed by atoms with van der Waals surface area (Å²) in [6, 6.07) is 5.79. The van der Waals surface area contributed by atoms with Crippen LogP contribution in [0.5, 0.6) is 0 Å². The van der Waals surface area contributed by atoms with E-state index in [1.165, 1.54) is 11.8 Å². The molecule has 3 heterocycles. The van der Waals surface area contributed by atoms with Gasteiger partial charge < -0.3 is 0 Å². The molecule has 21 heavy (non-hydrogen) atoms. The molecule has 3 aromatic heterocycles. The number of fused-ring (bicyclic) bond motifs is 1. The third-order valence-electron chi connectivity index (χ3n) is 3.05. The van der Waals surface area contributed by atoms with Crippen LogP contribution in [0, 0.1) is 6.92 Å². The third kappa shape index (κ3) is 2.73. The summed E-state index contributed by atoms with van der Waals surface area (Å²) in [5, 5.41) is 10.4. The lowest BCUT2D eigenvalue weighted by atomic mass is 10.2. The van der Waals surface area contributed by atoms with E-state index in [-0.39, 0.29) is 5.92 Å². The maximum absolute atomic E-state index is 6.21. The van der Waals surface area contributed by atoms with Crippen LogP contribution >= 0.6 is 23.4 Å². The third-order valence-corrected chi connectivity index (χ3v) is 4.47. The van der Waals surface area contributed by atoms with Crippen LogP contribution in [0.15, 0.2) is 34.6 Å².